The van der Waals surface area contributed by atoms with Crippen molar-refractivity contribution >= 4 is 28.7 Å². The van der Waals surface area contributed by atoms with Crippen molar-refractivity contribution in [3.8, 4) is 5.69 Å². The highest BCUT2D eigenvalue weighted by Gasteiger charge is 2.24. The first-order chi connectivity index (χ1) is 15.1. The molecule has 0 spiro atoms. The van der Waals surface area contributed by atoms with Gasteiger partial charge in [-0.1, -0.05) is 41.9 Å². The highest BCUT2D eigenvalue weighted by Crippen LogP contribution is 2.36. The Morgan fingerprint density at radius 3 is 2.58 bits per heavy atom. The van der Waals surface area contributed by atoms with Crippen molar-refractivity contribution in [1.82, 2.24) is 19.7 Å². The summed E-state index contributed by atoms with van der Waals surface area (Å²) < 4.78 is 7.39. The van der Waals surface area contributed by atoms with Gasteiger partial charge in [0.2, 0.25) is 5.91 Å². The van der Waals surface area contributed by atoms with Gasteiger partial charge in [-0.15, -0.1) is 10.2 Å². The third-order valence-electron chi connectivity index (χ3n) is 5.57. The molecule has 2 aliphatic heterocycles. The molecule has 1 amide bonds. The first-order valence-electron chi connectivity index (χ1n) is 10.2. The van der Waals surface area contributed by atoms with E-state index in [-0.39, 0.29) is 5.91 Å². The van der Waals surface area contributed by atoms with Crippen molar-refractivity contribution in [2.24, 2.45) is 0 Å². The van der Waals surface area contributed by atoms with E-state index in [1.54, 1.807) is 11.0 Å². The lowest BCUT2D eigenvalue weighted by Gasteiger charge is -2.25. The van der Waals surface area contributed by atoms with E-state index in [9.17, 15) is 4.79 Å². The summed E-state index contributed by atoms with van der Waals surface area (Å²) >= 11 is 6.13. The molecule has 3 aromatic rings. The van der Waals surface area contributed by atoms with Gasteiger partial charge in [-0.2, -0.15) is 0 Å². The van der Waals surface area contributed by atoms with E-state index in [1.165, 1.54) is 0 Å². The Balaban J connectivity index is 1.71. The lowest BCUT2D eigenvalue weighted by atomic mass is 9.95. The SMILES string of the molecule is Cc1nnc2n1-c1ccccc1C(c1ccc(Cl)cc1)=C/C2=C/C(=O)N1CCOCC1. The van der Waals surface area contributed by atoms with E-state index < -0.39 is 0 Å². The van der Waals surface area contributed by atoms with Crippen molar-refractivity contribution in [2.75, 3.05) is 26.3 Å². The molecular formula is C24H21ClN4O2. The van der Waals surface area contributed by atoms with Gasteiger partial charge in [0, 0.05) is 35.3 Å². The molecule has 0 saturated carbocycles. The zero-order chi connectivity index (χ0) is 21.4. The topological polar surface area (TPSA) is 60.2 Å². The molecule has 1 fully saturated rings. The number of halogens is 1. The van der Waals surface area contributed by atoms with Crippen LogP contribution >= 0.6 is 11.6 Å². The van der Waals surface area contributed by atoms with Crippen molar-refractivity contribution in [3.05, 3.63) is 88.5 Å². The van der Waals surface area contributed by atoms with Crippen LogP contribution in [0.2, 0.25) is 5.02 Å². The molecule has 1 saturated heterocycles. The summed E-state index contributed by atoms with van der Waals surface area (Å²) in [5.41, 5.74) is 4.74. The molecule has 3 heterocycles. The summed E-state index contributed by atoms with van der Waals surface area (Å²) in [6, 6.07) is 15.9. The lowest BCUT2D eigenvalue weighted by molar-refractivity contribution is -0.129. The smallest absolute Gasteiger partial charge is 0.247 e. The number of carbonyl (C=O) groups is 1. The maximum atomic E-state index is 13.0. The van der Waals surface area contributed by atoms with Crippen LogP contribution < -0.4 is 0 Å². The average Bonchev–Trinajstić information content (AvgIpc) is 3.12. The minimum absolute atomic E-state index is 0.0526. The Bertz CT molecular complexity index is 1200. The highest BCUT2D eigenvalue weighted by molar-refractivity contribution is 6.30. The molecule has 6 nitrogen and oxygen atoms in total. The quantitative estimate of drug-likeness (QED) is 0.576. The number of aromatic nitrogens is 3. The number of rotatable bonds is 2. The lowest BCUT2D eigenvalue weighted by Crippen LogP contribution is -2.39. The van der Waals surface area contributed by atoms with Crippen LogP contribution in [-0.4, -0.2) is 51.9 Å². The van der Waals surface area contributed by atoms with E-state index in [1.807, 2.05) is 60.0 Å². The second-order valence-electron chi connectivity index (χ2n) is 7.53. The molecule has 0 bridgehead atoms. The number of morpholine rings is 1. The minimum atomic E-state index is -0.0526. The molecule has 2 aliphatic rings. The average molecular weight is 433 g/mol. The molecule has 31 heavy (non-hydrogen) atoms. The number of nitrogens with zero attached hydrogens (tertiary/aromatic N) is 4. The fourth-order valence-corrected chi connectivity index (χ4v) is 4.14. The van der Waals surface area contributed by atoms with E-state index >= 15 is 0 Å². The maximum absolute atomic E-state index is 13.0. The summed E-state index contributed by atoms with van der Waals surface area (Å²) in [5, 5.41) is 9.40. The first-order valence-corrected chi connectivity index (χ1v) is 10.6. The van der Waals surface area contributed by atoms with Crippen molar-refractivity contribution in [3.63, 3.8) is 0 Å². The monoisotopic (exact) mass is 432 g/mol. The molecule has 7 heteroatoms. The van der Waals surface area contributed by atoms with Crippen LogP contribution in [0.5, 0.6) is 0 Å². The van der Waals surface area contributed by atoms with Crippen molar-refractivity contribution in [2.45, 2.75) is 6.92 Å². The zero-order valence-corrected chi connectivity index (χ0v) is 17.8. The molecule has 2 aromatic carbocycles. The van der Waals surface area contributed by atoms with Gasteiger partial charge in [0.15, 0.2) is 5.82 Å². The molecule has 0 N–H and O–H groups in total. The van der Waals surface area contributed by atoms with Crippen LogP contribution in [0, 0.1) is 6.92 Å². The fraction of sp³-hybridized carbons (Fsp3) is 0.208. The number of hydrogen-bond acceptors (Lipinski definition) is 4. The van der Waals surface area contributed by atoms with Gasteiger partial charge in [-0.3, -0.25) is 9.36 Å². The minimum Gasteiger partial charge on any atom is -0.378 e. The molecule has 0 aliphatic carbocycles. The Hall–Kier alpha value is -3.22. The van der Waals surface area contributed by atoms with Crippen LogP contribution in [0.1, 0.15) is 22.8 Å². The van der Waals surface area contributed by atoms with Crippen LogP contribution in [0.4, 0.5) is 0 Å². The molecule has 156 valence electrons. The Kier molecular flexibility index (Phi) is 5.18. The number of aryl methyl sites for hydroxylation is 1. The standard InChI is InChI=1S/C24H21ClN4O2/c1-16-26-27-24-18(15-23(30)28-10-12-31-13-11-28)14-21(17-6-8-19(25)9-7-17)20-4-2-3-5-22(20)29(16)24/h2-9,14-15H,10-13H2,1H3/b18-15-. The first kappa shape index (κ1) is 19.7. The summed E-state index contributed by atoms with van der Waals surface area (Å²) in [6.45, 7) is 4.20. The van der Waals surface area contributed by atoms with E-state index in [0.717, 1.165) is 33.8 Å². The van der Waals surface area contributed by atoms with Gasteiger partial charge in [0.05, 0.1) is 18.9 Å². The van der Waals surface area contributed by atoms with Crippen LogP contribution in [0.15, 0.2) is 60.7 Å². The summed E-state index contributed by atoms with van der Waals surface area (Å²) in [7, 11) is 0. The largest absolute Gasteiger partial charge is 0.378 e. The number of fused-ring (bicyclic) bond motifs is 3. The second-order valence-corrected chi connectivity index (χ2v) is 7.96. The molecule has 0 unspecified atom stereocenters. The number of amides is 1. The number of carbonyl (C=O) groups excluding carboxylic acids is 1. The maximum Gasteiger partial charge on any atom is 0.247 e. The van der Waals surface area contributed by atoms with Gasteiger partial charge in [-0.25, -0.2) is 0 Å². The third-order valence-corrected chi connectivity index (χ3v) is 5.83. The number of benzene rings is 2. The number of allylic oxidation sites excluding steroid dienone is 2. The number of hydrogen-bond donors (Lipinski definition) is 0. The highest BCUT2D eigenvalue weighted by atomic mass is 35.5. The second kappa shape index (κ2) is 8.13. The Labute approximate surface area is 185 Å². The summed E-state index contributed by atoms with van der Waals surface area (Å²) in [4.78, 5) is 14.8. The summed E-state index contributed by atoms with van der Waals surface area (Å²) in [6.07, 6.45) is 3.68. The zero-order valence-electron chi connectivity index (χ0n) is 17.1. The molecule has 5 rings (SSSR count). The normalized spacial score (nSPS) is 17.0. The Morgan fingerprint density at radius 1 is 1.06 bits per heavy atom. The number of ether oxygens (including phenoxy) is 1. The predicted octanol–water partition coefficient (Wildman–Crippen LogP) is 3.92. The Morgan fingerprint density at radius 2 is 1.81 bits per heavy atom. The van der Waals surface area contributed by atoms with Gasteiger partial charge in [0.1, 0.15) is 5.82 Å². The van der Waals surface area contributed by atoms with Gasteiger partial charge in [0.25, 0.3) is 0 Å². The van der Waals surface area contributed by atoms with Crippen molar-refractivity contribution < 1.29 is 9.53 Å². The van der Waals surface area contributed by atoms with Gasteiger partial charge in [-0.05, 0) is 42.3 Å². The molecule has 1 aromatic heterocycles. The summed E-state index contributed by atoms with van der Waals surface area (Å²) in [5.74, 6) is 1.36. The van der Waals surface area contributed by atoms with E-state index in [4.69, 9.17) is 16.3 Å². The third kappa shape index (κ3) is 3.69. The van der Waals surface area contributed by atoms with E-state index in [0.29, 0.717) is 37.2 Å². The number of para-hydroxylation sites is 1. The van der Waals surface area contributed by atoms with Crippen LogP contribution in [0.3, 0.4) is 0 Å². The molecule has 0 radical (unpaired) electrons. The van der Waals surface area contributed by atoms with E-state index in [2.05, 4.69) is 16.3 Å². The molecule has 0 atom stereocenters. The van der Waals surface area contributed by atoms with Gasteiger partial charge < -0.3 is 9.64 Å². The predicted molar refractivity (Wildman–Crippen MR) is 120 cm³/mol. The fourth-order valence-electron chi connectivity index (χ4n) is 4.01. The van der Waals surface area contributed by atoms with Gasteiger partial charge >= 0.3 is 0 Å². The van der Waals surface area contributed by atoms with Crippen molar-refractivity contribution in [1.29, 1.82) is 0 Å². The van der Waals surface area contributed by atoms with Crippen LogP contribution in [-0.2, 0) is 9.53 Å². The van der Waals surface area contributed by atoms with Crippen LogP contribution in [0.25, 0.3) is 16.8 Å². The molecular weight excluding hydrogens is 412 g/mol.